The van der Waals surface area contributed by atoms with Gasteiger partial charge in [-0.1, -0.05) is 0 Å². The van der Waals surface area contributed by atoms with Crippen LogP contribution in [-0.4, -0.2) is 5.60 Å². The van der Waals surface area contributed by atoms with Crippen molar-refractivity contribution in [3.63, 3.8) is 0 Å². The molecule has 2 rings (SSSR count). The second kappa shape index (κ2) is 3.17. The van der Waals surface area contributed by atoms with Gasteiger partial charge in [-0.3, -0.25) is 0 Å². The molecule has 1 aromatic carbocycles. The van der Waals surface area contributed by atoms with Crippen molar-refractivity contribution in [2.45, 2.75) is 31.9 Å². The number of ether oxygens (including phenoxy) is 1. The van der Waals surface area contributed by atoms with Gasteiger partial charge in [-0.15, -0.1) is 0 Å². The average molecular weight is 213 g/mol. The van der Waals surface area contributed by atoms with Crippen LogP contribution in [0.4, 0.5) is 8.78 Å². The molecular weight excluding hydrogens is 200 g/mol. The SMILES string of the molecule is CC1(C)C[C@@H](N)c2cc(F)cc(F)c2O1. The minimum atomic E-state index is -0.687. The molecule has 4 heteroatoms. The minimum absolute atomic E-state index is 0.0835. The molecule has 1 atom stereocenters. The predicted molar refractivity (Wildman–Crippen MR) is 52.6 cm³/mol. The third kappa shape index (κ3) is 1.81. The quantitative estimate of drug-likeness (QED) is 0.718. The molecule has 0 amide bonds. The normalized spacial score (nSPS) is 23.1. The topological polar surface area (TPSA) is 35.2 Å². The summed E-state index contributed by atoms with van der Waals surface area (Å²) < 4.78 is 31.9. The van der Waals surface area contributed by atoms with Gasteiger partial charge < -0.3 is 10.5 Å². The van der Waals surface area contributed by atoms with Crippen LogP contribution in [0.3, 0.4) is 0 Å². The Morgan fingerprint density at radius 3 is 2.73 bits per heavy atom. The fourth-order valence-corrected chi connectivity index (χ4v) is 1.92. The third-order valence-electron chi connectivity index (χ3n) is 2.53. The van der Waals surface area contributed by atoms with Crippen molar-refractivity contribution >= 4 is 0 Å². The van der Waals surface area contributed by atoms with E-state index in [1.165, 1.54) is 6.07 Å². The van der Waals surface area contributed by atoms with E-state index in [0.29, 0.717) is 12.0 Å². The lowest BCUT2D eigenvalue weighted by Gasteiger charge is -2.36. The van der Waals surface area contributed by atoms with Crippen LogP contribution in [0.2, 0.25) is 0 Å². The van der Waals surface area contributed by atoms with Crippen LogP contribution in [0.25, 0.3) is 0 Å². The maximum absolute atomic E-state index is 13.4. The summed E-state index contributed by atoms with van der Waals surface area (Å²) in [6.45, 7) is 3.66. The van der Waals surface area contributed by atoms with E-state index >= 15 is 0 Å². The smallest absolute Gasteiger partial charge is 0.168 e. The third-order valence-corrected chi connectivity index (χ3v) is 2.53. The number of benzene rings is 1. The summed E-state index contributed by atoms with van der Waals surface area (Å²) >= 11 is 0. The van der Waals surface area contributed by atoms with Crippen LogP contribution in [0.15, 0.2) is 12.1 Å². The van der Waals surface area contributed by atoms with Gasteiger partial charge in [0, 0.05) is 24.1 Å². The van der Waals surface area contributed by atoms with Gasteiger partial charge in [0.25, 0.3) is 0 Å². The highest BCUT2D eigenvalue weighted by Gasteiger charge is 2.34. The van der Waals surface area contributed by atoms with E-state index < -0.39 is 17.2 Å². The molecule has 0 aliphatic carbocycles. The van der Waals surface area contributed by atoms with Gasteiger partial charge in [-0.2, -0.15) is 0 Å². The summed E-state index contributed by atoms with van der Waals surface area (Å²) in [6.07, 6.45) is 0.545. The molecule has 0 radical (unpaired) electrons. The van der Waals surface area contributed by atoms with E-state index in [1.54, 1.807) is 0 Å². The standard InChI is InChI=1S/C11H13F2NO/c1-11(2)5-9(14)7-3-6(12)4-8(13)10(7)15-11/h3-4,9H,5,14H2,1-2H3/t9-/m1/s1. The number of rotatable bonds is 0. The van der Waals surface area contributed by atoms with E-state index in [-0.39, 0.29) is 11.8 Å². The van der Waals surface area contributed by atoms with Crippen molar-refractivity contribution in [1.29, 1.82) is 0 Å². The zero-order valence-corrected chi connectivity index (χ0v) is 8.68. The Balaban J connectivity index is 2.55. The van der Waals surface area contributed by atoms with Crippen molar-refractivity contribution in [3.05, 3.63) is 29.3 Å². The number of halogens is 2. The van der Waals surface area contributed by atoms with Gasteiger partial charge in [0.1, 0.15) is 11.4 Å². The van der Waals surface area contributed by atoms with E-state index in [9.17, 15) is 8.78 Å². The van der Waals surface area contributed by atoms with Crippen LogP contribution in [0.1, 0.15) is 31.9 Å². The first-order valence-corrected chi connectivity index (χ1v) is 4.82. The first kappa shape index (κ1) is 10.4. The van der Waals surface area contributed by atoms with Gasteiger partial charge in [-0.05, 0) is 19.9 Å². The fraction of sp³-hybridized carbons (Fsp3) is 0.455. The maximum Gasteiger partial charge on any atom is 0.168 e. The molecular formula is C11H13F2NO. The Hall–Kier alpha value is -1.16. The summed E-state index contributed by atoms with van der Waals surface area (Å²) in [4.78, 5) is 0. The first-order valence-electron chi connectivity index (χ1n) is 4.82. The molecule has 0 spiro atoms. The van der Waals surface area contributed by atoms with Gasteiger partial charge in [0.15, 0.2) is 11.6 Å². The van der Waals surface area contributed by atoms with E-state index in [1.807, 2.05) is 13.8 Å². The van der Waals surface area contributed by atoms with Crippen LogP contribution >= 0.6 is 0 Å². The molecule has 0 unspecified atom stereocenters. The Kier molecular flexibility index (Phi) is 2.19. The number of hydrogen-bond acceptors (Lipinski definition) is 2. The van der Waals surface area contributed by atoms with E-state index in [2.05, 4.69) is 0 Å². The van der Waals surface area contributed by atoms with Gasteiger partial charge >= 0.3 is 0 Å². The fourth-order valence-electron chi connectivity index (χ4n) is 1.92. The number of fused-ring (bicyclic) bond motifs is 1. The second-order valence-corrected chi connectivity index (χ2v) is 4.48. The van der Waals surface area contributed by atoms with Gasteiger partial charge in [-0.25, -0.2) is 8.78 Å². The van der Waals surface area contributed by atoms with Crippen LogP contribution in [-0.2, 0) is 0 Å². The minimum Gasteiger partial charge on any atom is -0.484 e. The van der Waals surface area contributed by atoms with E-state index in [4.69, 9.17) is 10.5 Å². The van der Waals surface area contributed by atoms with Crippen molar-refractivity contribution < 1.29 is 13.5 Å². The molecule has 82 valence electrons. The predicted octanol–water partition coefficient (Wildman–Crippen LogP) is 2.53. The Bertz CT molecular complexity index is 404. The molecule has 0 aromatic heterocycles. The molecule has 0 saturated heterocycles. The monoisotopic (exact) mass is 213 g/mol. The Labute approximate surface area is 87.0 Å². The highest BCUT2D eigenvalue weighted by Crippen LogP contribution is 2.40. The molecule has 0 saturated carbocycles. The van der Waals surface area contributed by atoms with Crippen molar-refractivity contribution in [2.75, 3.05) is 0 Å². The zero-order chi connectivity index (χ0) is 11.2. The Morgan fingerprint density at radius 2 is 2.07 bits per heavy atom. The van der Waals surface area contributed by atoms with Crippen molar-refractivity contribution in [1.82, 2.24) is 0 Å². The lowest BCUT2D eigenvalue weighted by Crippen LogP contribution is -2.38. The Morgan fingerprint density at radius 1 is 1.40 bits per heavy atom. The molecule has 2 nitrogen and oxygen atoms in total. The lowest BCUT2D eigenvalue weighted by atomic mass is 9.90. The largest absolute Gasteiger partial charge is 0.484 e. The van der Waals surface area contributed by atoms with Gasteiger partial charge in [0.2, 0.25) is 0 Å². The molecule has 2 N–H and O–H groups in total. The van der Waals surface area contributed by atoms with E-state index in [0.717, 1.165) is 6.07 Å². The zero-order valence-electron chi connectivity index (χ0n) is 8.68. The van der Waals surface area contributed by atoms with Crippen molar-refractivity contribution in [3.8, 4) is 5.75 Å². The highest BCUT2D eigenvalue weighted by molar-refractivity contribution is 5.40. The summed E-state index contributed by atoms with van der Waals surface area (Å²) in [5, 5.41) is 0. The average Bonchev–Trinajstić information content (AvgIpc) is 2.06. The molecule has 1 aromatic rings. The van der Waals surface area contributed by atoms with Crippen LogP contribution < -0.4 is 10.5 Å². The molecule has 0 bridgehead atoms. The van der Waals surface area contributed by atoms with Crippen molar-refractivity contribution in [2.24, 2.45) is 5.73 Å². The summed E-state index contributed by atoms with van der Waals surface area (Å²) in [6, 6.07) is 1.67. The highest BCUT2D eigenvalue weighted by atomic mass is 19.1. The number of hydrogen-bond donors (Lipinski definition) is 1. The first-order chi connectivity index (χ1) is 6.89. The number of nitrogens with two attached hydrogens (primary N) is 1. The molecule has 1 aliphatic rings. The summed E-state index contributed by atoms with van der Waals surface area (Å²) in [5.41, 5.74) is 5.75. The second-order valence-electron chi connectivity index (χ2n) is 4.48. The van der Waals surface area contributed by atoms with Crippen LogP contribution in [0, 0.1) is 11.6 Å². The maximum atomic E-state index is 13.4. The molecule has 15 heavy (non-hydrogen) atoms. The van der Waals surface area contributed by atoms with Crippen LogP contribution in [0.5, 0.6) is 5.75 Å². The van der Waals surface area contributed by atoms with Gasteiger partial charge in [0.05, 0.1) is 0 Å². The molecule has 0 fully saturated rings. The lowest BCUT2D eigenvalue weighted by molar-refractivity contribution is 0.0670. The summed E-state index contributed by atoms with van der Waals surface area (Å²) in [7, 11) is 0. The molecule has 1 aliphatic heterocycles. The summed E-state index contributed by atoms with van der Waals surface area (Å²) in [5.74, 6) is -1.22. The molecule has 1 heterocycles.